The standard InChI is InChI=1S/C10H7NO2.C4H6O2.Mg.2H/c12-10(13)9-6-5-7-3-1-2-4-8(7)11-9;1-3(2)4(5)6;;;/h1-6H,(H,12,13);1H2,2H3,(H,5,6);;;/q;;+2;2*-1. The molecule has 1 heterocycles. The van der Waals surface area contributed by atoms with Crippen LogP contribution in [0.15, 0.2) is 48.6 Å². The number of rotatable bonds is 2. The summed E-state index contributed by atoms with van der Waals surface area (Å²) in [5, 5.41) is 17.5. The molecule has 102 valence electrons. The topological polar surface area (TPSA) is 87.5 Å². The zero-order chi connectivity index (χ0) is 14.4. The molecule has 0 amide bonds. The van der Waals surface area contributed by atoms with Gasteiger partial charge >= 0.3 is 35.0 Å². The molecule has 2 N–H and O–H groups in total. The Hall–Kier alpha value is -1.92. The second-order valence-corrected chi connectivity index (χ2v) is 3.78. The van der Waals surface area contributed by atoms with Crippen molar-refractivity contribution in [2.24, 2.45) is 0 Å². The fourth-order valence-electron chi connectivity index (χ4n) is 1.19. The second-order valence-electron chi connectivity index (χ2n) is 3.78. The van der Waals surface area contributed by atoms with Crippen molar-refractivity contribution in [3.05, 3.63) is 54.2 Å². The number of benzene rings is 1. The first-order valence-corrected chi connectivity index (χ1v) is 5.39. The molecule has 1 aromatic heterocycles. The van der Waals surface area contributed by atoms with Crippen molar-refractivity contribution in [2.45, 2.75) is 6.92 Å². The molecule has 0 atom stereocenters. The Balaban J connectivity index is -0.000000355. The third kappa shape index (κ3) is 5.37. The van der Waals surface area contributed by atoms with E-state index >= 15 is 0 Å². The Morgan fingerprint density at radius 3 is 2.20 bits per heavy atom. The number of carboxylic acid groups (broad SMARTS) is 2. The molecular formula is C14H15MgNO4. The van der Waals surface area contributed by atoms with E-state index in [1.807, 2.05) is 18.2 Å². The Labute approximate surface area is 135 Å². The van der Waals surface area contributed by atoms with Crippen LogP contribution < -0.4 is 0 Å². The van der Waals surface area contributed by atoms with Crippen molar-refractivity contribution >= 4 is 45.9 Å². The third-order valence-corrected chi connectivity index (χ3v) is 2.18. The molecule has 0 saturated carbocycles. The number of pyridine rings is 1. The molecule has 6 heteroatoms. The fraction of sp³-hybridized carbons (Fsp3) is 0.0714. The van der Waals surface area contributed by atoms with Gasteiger partial charge in [-0.05, 0) is 19.1 Å². The van der Waals surface area contributed by atoms with Crippen LogP contribution >= 0.6 is 0 Å². The number of carboxylic acids is 2. The molecule has 5 nitrogen and oxygen atoms in total. The van der Waals surface area contributed by atoms with Gasteiger partial charge in [0.25, 0.3) is 0 Å². The second kappa shape index (κ2) is 8.29. The Kier molecular flexibility index (Phi) is 7.49. The Bertz CT molecular complexity index is 638. The van der Waals surface area contributed by atoms with Crippen LogP contribution in [-0.4, -0.2) is 50.2 Å². The van der Waals surface area contributed by atoms with Crippen LogP contribution in [0.1, 0.15) is 20.3 Å². The van der Waals surface area contributed by atoms with E-state index in [0.29, 0.717) is 5.52 Å². The largest absolute Gasteiger partial charge is 2.00 e. The Morgan fingerprint density at radius 2 is 1.70 bits per heavy atom. The summed E-state index contributed by atoms with van der Waals surface area (Å²) in [6.07, 6.45) is 0. The van der Waals surface area contributed by atoms with Crippen LogP contribution in [0.3, 0.4) is 0 Å². The molecule has 0 fully saturated rings. The average Bonchev–Trinajstić information content (AvgIpc) is 2.38. The number of aliphatic carboxylic acids is 1. The summed E-state index contributed by atoms with van der Waals surface area (Å²) < 4.78 is 0. The van der Waals surface area contributed by atoms with E-state index in [9.17, 15) is 9.59 Å². The van der Waals surface area contributed by atoms with Crippen molar-refractivity contribution in [3.63, 3.8) is 0 Å². The zero-order valence-electron chi connectivity index (χ0n) is 13.0. The quantitative estimate of drug-likeness (QED) is 0.653. The molecule has 20 heavy (non-hydrogen) atoms. The number of aromatic carboxylic acids is 1. The number of hydrogen-bond donors (Lipinski definition) is 2. The number of carbonyl (C=O) groups is 2. The molecule has 0 aliphatic heterocycles. The van der Waals surface area contributed by atoms with Crippen molar-refractivity contribution in [1.82, 2.24) is 4.98 Å². The van der Waals surface area contributed by atoms with E-state index in [0.717, 1.165) is 5.39 Å². The first kappa shape index (κ1) is 18.1. The van der Waals surface area contributed by atoms with Gasteiger partial charge in [0, 0.05) is 11.0 Å². The van der Waals surface area contributed by atoms with Gasteiger partial charge < -0.3 is 13.1 Å². The average molecular weight is 286 g/mol. The normalized spacial score (nSPS) is 8.85. The molecule has 0 radical (unpaired) electrons. The van der Waals surface area contributed by atoms with E-state index in [1.165, 1.54) is 13.0 Å². The van der Waals surface area contributed by atoms with E-state index in [-0.39, 0.29) is 37.2 Å². The van der Waals surface area contributed by atoms with Crippen LogP contribution in [0.5, 0.6) is 0 Å². The molecule has 2 aromatic rings. The van der Waals surface area contributed by atoms with Gasteiger partial charge in [-0.15, -0.1) is 0 Å². The monoisotopic (exact) mass is 285 g/mol. The minimum absolute atomic E-state index is 0. The van der Waals surface area contributed by atoms with E-state index < -0.39 is 11.9 Å². The van der Waals surface area contributed by atoms with Gasteiger partial charge in [0.15, 0.2) is 0 Å². The summed E-state index contributed by atoms with van der Waals surface area (Å²) in [5.41, 5.74) is 0.969. The van der Waals surface area contributed by atoms with Crippen molar-refractivity contribution < 1.29 is 22.7 Å². The predicted molar refractivity (Wildman–Crippen MR) is 79.1 cm³/mol. The number of fused-ring (bicyclic) bond motifs is 1. The maximum Gasteiger partial charge on any atom is 2.00 e. The van der Waals surface area contributed by atoms with Crippen molar-refractivity contribution in [2.75, 3.05) is 0 Å². The van der Waals surface area contributed by atoms with Crippen LogP contribution in [0.2, 0.25) is 0 Å². The number of para-hydroxylation sites is 1. The molecule has 0 spiro atoms. The maximum atomic E-state index is 10.6. The first-order valence-electron chi connectivity index (χ1n) is 5.39. The van der Waals surface area contributed by atoms with Gasteiger partial charge in [-0.2, -0.15) is 0 Å². The van der Waals surface area contributed by atoms with Crippen LogP contribution in [0, 0.1) is 0 Å². The summed E-state index contributed by atoms with van der Waals surface area (Å²) in [6.45, 7) is 4.60. The summed E-state index contributed by atoms with van der Waals surface area (Å²) in [5.74, 6) is -1.93. The third-order valence-electron chi connectivity index (χ3n) is 2.18. The fourth-order valence-corrected chi connectivity index (χ4v) is 1.19. The van der Waals surface area contributed by atoms with Crippen LogP contribution in [0.4, 0.5) is 0 Å². The van der Waals surface area contributed by atoms with Crippen molar-refractivity contribution in [3.8, 4) is 0 Å². The molecule has 1 aromatic carbocycles. The minimum Gasteiger partial charge on any atom is -1.00 e. The number of hydrogen-bond acceptors (Lipinski definition) is 3. The Morgan fingerprint density at radius 1 is 1.15 bits per heavy atom. The smallest absolute Gasteiger partial charge is 1.00 e. The molecule has 0 aliphatic carbocycles. The van der Waals surface area contributed by atoms with E-state index in [2.05, 4.69) is 11.6 Å². The van der Waals surface area contributed by atoms with Gasteiger partial charge in [0.2, 0.25) is 0 Å². The number of nitrogens with zero attached hydrogens (tertiary/aromatic N) is 1. The first-order chi connectivity index (χ1) is 8.91. The van der Waals surface area contributed by atoms with E-state index in [1.54, 1.807) is 12.1 Å². The van der Waals surface area contributed by atoms with Gasteiger partial charge in [0.1, 0.15) is 5.69 Å². The van der Waals surface area contributed by atoms with Gasteiger partial charge in [-0.25, -0.2) is 14.6 Å². The summed E-state index contributed by atoms with van der Waals surface area (Å²) >= 11 is 0. The minimum atomic E-state index is -0.995. The van der Waals surface area contributed by atoms with Gasteiger partial charge in [0.05, 0.1) is 5.52 Å². The van der Waals surface area contributed by atoms with Crippen LogP contribution in [-0.2, 0) is 4.79 Å². The molecular weight excluding hydrogens is 270 g/mol. The summed E-state index contributed by atoms with van der Waals surface area (Å²) in [7, 11) is 0. The molecule has 0 bridgehead atoms. The summed E-state index contributed by atoms with van der Waals surface area (Å²) in [6, 6.07) is 10.7. The maximum absolute atomic E-state index is 10.6. The van der Waals surface area contributed by atoms with E-state index in [4.69, 9.17) is 10.2 Å². The number of aromatic nitrogens is 1. The van der Waals surface area contributed by atoms with Gasteiger partial charge in [-0.1, -0.05) is 30.8 Å². The van der Waals surface area contributed by atoms with Gasteiger partial charge in [-0.3, -0.25) is 0 Å². The molecule has 0 aliphatic rings. The summed E-state index contributed by atoms with van der Waals surface area (Å²) in [4.78, 5) is 24.2. The molecule has 0 unspecified atom stereocenters. The molecule has 0 saturated heterocycles. The predicted octanol–water partition coefficient (Wildman–Crippen LogP) is 2.42. The SMILES string of the molecule is C=C(C)C(=O)O.O=C(O)c1ccc2ccccc2n1.[H-].[H-].[Mg+2]. The van der Waals surface area contributed by atoms with Crippen molar-refractivity contribution in [1.29, 1.82) is 0 Å². The zero-order valence-corrected chi connectivity index (χ0v) is 12.5. The molecule has 2 rings (SSSR count). The van der Waals surface area contributed by atoms with Crippen LogP contribution in [0.25, 0.3) is 10.9 Å².